The molecule has 0 radical (unpaired) electrons. The number of alkyl halides is 3. The van der Waals surface area contributed by atoms with Crippen molar-refractivity contribution in [3.8, 4) is 11.8 Å². The van der Waals surface area contributed by atoms with Crippen LogP contribution in [0, 0.1) is 11.3 Å². The van der Waals surface area contributed by atoms with E-state index in [-0.39, 0.29) is 23.2 Å². The van der Waals surface area contributed by atoms with Gasteiger partial charge in [0.2, 0.25) is 0 Å². The van der Waals surface area contributed by atoms with Gasteiger partial charge in [0.15, 0.2) is 5.75 Å². The zero-order chi connectivity index (χ0) is 15.3. The molecule has 0 aliphatic rings. The Balaban J connectivity index is 3.40. The van der Waals surface area contributed by atoms with Gasteiger partial charge in [0.25, 0.3) is 0 Å². The van der Waals surface area contributed by atoms with E-state index in [0.717, 1.165) is 13.2 Å². The van der Waals surface area contributed by atoms with Gasteiger partial charge in [-0.15, -0.1) is 13.2 Å². The molecule has 20 heavy (non-hydrogen) atoms. The number of nitrogens with zero attached hydrogens (tertiary/aromatic N) is 1. The summed E-state index contributed by atoms with van der Waals surface area (Å²) >= 11 is 0. The molecule has 0 saturated heterocycles. The lowest BCUT2D eigenvalue weighted by atomic mass is 10.00. The molecular formula is C12H11F3N2O3. The Hall–Kier alpha value is -2.27. The third-order valence-corrected chi connectivity index (χ3v) is 2.46. The van der Waals surface area contributed by atoms with Crippen LogP contribution in [0.3, 0.4) is 0 Å². The van der Waals surface area contributed by atoms with Gasteiger partial charge >= 0.3 is 12.3 Å². The molecule has 0 spiro atoms. The normalized spacial score (nSPS) is 10.8. The Morgan fingerprint density at radius 2 is 2.10 bits per heavy atom. The molecule has 1 rings (SSSR count). The predicted octanol–water partition coefficient (Wildman–Crippen LogP) is 1.63. The standard InChI is InChI=1S/C12H11F3N2O3/c1-19-10(18)4-9-7(5-16)2-3-8(6-17)11(9)20-12(13,14)15/h2-3H,4-5,16H2,1H3. The Labute approximate surface area is 112 Å². The molecule has 1 aromatic rings. The number of ether oxygens (including phenoxy) is 2. The van der Waals surface area contributed by atoms with Crippen molar-refractivity contribution >= 4 is 5.97 Å². The Kier molecular flexibility index (Phi) is 4.94. The summed E-state index contributed by atoms with van der Waals surface area (Å²) in [7, 11) is 1.10. The summed E-state index contributed by atoms with van der Waals surface area (Å²) in [5, 5.41) is 8.85. The summed E-state index contributed by atoms with van der Waals surface area (Å²) in [6, 6.07) is 4.12. The first-order chi connectivity index (χ1) is 9.32. The highest BCUT2D eigenvalue weighted by Crippen LogP contribution is 2.32. The van der Waals surface area contributed by atoms with Crippen molar-refractivity contribution in [3.63, 3.8) is 0 Å². The highest BCUT2D eigenvalue weighted by Gasteiger charge is 2.34. The lowest BCUT2D eigenvalue weighted by molar-refractivity contribution is -0.275. The van der Waals surface area contributed by atoms with Gasteiger partial charge in [0.1, 0.15) is 6.07 Å². The highest BCUT2D eigenvalue weighted by atomic mass is 19.4. The van der Waals surface area contributed by atoms with Crippen molar-refractivity contribution in [2.45, 2.75) is 19.3 Å². The summed E-state index contributed by atoms with van der Waals surface area (Å²) < 4.78 is 45.5. The number of esters is 1. The monoisotopic (exact) mass is 288 g/mol. The minimum atomic E-state index is -4.98. The average Bonchev–Trinajstić information content (AvgIpc) is 2.38. The Morgan fingerprint density at radius 1 is 1.45 bits per heavy atom. The van der Waals surface area contributed by atoms with E-state index in [4.69, 9.17) is 11.0 Å². The number of carbonyl (C=O) groups excluding carboxylic acids is 1. The van der Waals surface area contributed by atoms with Crippen molar-refractivity contribution in [1.82, 2.24) is 0 Å². The van der Waals surface area contributed by atoms with Crippen molar-refractivity contribution in [3.05, 3.63) is 28.8 Å². The van der Waals surface area contributed by atoms with E-state index in [0.29, 0.717) is 0 Å². The highest BCUT2D eigenvalue weighted by molar-refractivity contribution is 5.75. The second-order valence-electron chi connectivity index (χ2n) is 3.70. The lowest BCUT2D eigenvalue weighted by Gasteiger charge is -2.16. The smallest absolute Gasteiger partial charge is 0.469 e. The van der Waals surface area contributed by atoms with E-state index in [2.05, 4.69) is 9.47 Å². The summed E-state index contributed by atoms with van der Waals surface area (Å²) in [4.78, 5) is 11.3. The van der Waals surface area contributed by atoms with E-state index >= 15 is 0 Å². The van der Waals surface area contributed by atoms with Crippen molar-refractivity contribution in [1.29, 1.82) is 5.26 Å². The van der Waals surface area contributed by atoms with Crippen LogP contribution in [-0.4, -0.2) is 19.4 Å². The van der Waals surface area contributed by atoms with Gasteiger partial charge < -0.3 is 15.2 Å². The second kappa shape index (κ2) is 6.25. The molecular weight excluding hydrogens is 277 g/mol. The Morgan fingerprint density at radius 3 is 2.55 bits per heavy atom. The zero-order valence-electron chi connectivity index (χ0n) is 10.5. The number of halogens is 3. The number of benzene rings is 1. The minimum Gasteiger partial charge on any atom is -0.469 e. The topological polar surface area (TPSA) is 85.3 Å². The van der Waals surface area contributed by atoms with E-state index in [1.54, 1.807) is 6.07 Å². The molecule has 0 unspecified atom stereocenters. The zero-order valence-corrected chi connectivity index (χ0v) is 10.5. The van der Waals surface area contributed by atoms with Crippen LogP contribution >= 0.6 is 0 Å². The molecule has 0 aromatic heterocycles. The molecule has 8 heteroatoms. The van der Waals surface area contributed by atoms with Crippen molar-refractivity contribution in [2.24, 2.45) is 5.73 Å². The van der Waals surface area contributed by atoms with Crippen molar-refractivity contribution in [2.75, 3.05) is 7.11 Å². The SMILES string of the molecule is COC(=O)Cc1c(CN)ccc(C#N)c1OC(F)(F)F. The molecule has 5 nitrogen and oxygen atoms in total. The molecule has 0 heterocycles. The van der Waals surface area contributed by atoms with Crippen LogP contribution < -0.4 is 10.5 Å². The summed E-state index contributed by atoms with van der Waals surface area (Å²) in [5.74, 6) is -1.48. The molecule has 0 aliphatic carbocycles. The maximum atomic E-state index is 12.4. The van der Waals surface area contributed by atoms with Gasteiger partial charge in [0, 0.05) is 12.1 Å². The number of hydrogen-bond acceptors (Lipinski definition) is 5. The van der Waals surface area contributed by atoms with E-state index < -0.39 is 24.5 Å². The first kappa shape index (κ1) is 15.8. The van der Waals surface area contributed by atoms with E-state index in [1.807, 2.05) is 0 Å². The molecule has 0 fully saturated rings. The fraction of sp³-hybridized carbons (Fsp3) is 0.333. The number of hydrogen-bond donors (Lipinski definition) is 1. The van der Waals surface area contributed by atoms with Crippen LogP contribution in [0.15, 0.2) is 12.1 Å². The van der Waals surface area contributed by atoms with Crippen LogP contribution in [0.5, 0.6) is 5.75 Å². The predicted molar refractivity (Wildman–Crippen MR) is 61.5 cm³/mol. The number of carbonyl (C=O) groups is 1. The minimum absolute atomic E-state index is 0.101. The molecule has 0 atom stereocenters. The number of rotatable bonds is 4. The number of methoxy groups -OCH3 is 1. The molecule has 0 saturated carbocycles. The first-order valence-corrected chi connectivity index (χ1v) is 5.39. The average molecular weight is 288 g/mol. The molecule has 108 valence electrons. The fourth-order valence-electron chi connectivity index (χ4n) is 1.59. The van der Waals surface area contributed by atoms with Gasteiger partial charge in [-0.05, 0) is 11.6 Å². The largest absolute Gasteiger partial charge is 0.573 e. The third kappa shape index (κ3) is 3.86. The van der Waals surface area contributed by atoms with E-state index in [1.165, 1.54) is 6.07 Å². The quantitative estimate of drug-likeness (QED) is 0.851. The number of nitrogens with two attached hydrogens (primary N) is 1. The molecule has 2 N–H and O–H groups in total. The van der Waals surface area contributed by atoms with E-state index in [9.17, 15) is 18.0 Å². The van der Waals surface area contributed by atoms with Crippen LogP contribution in [-0.2, 0) is 22.5 Å². The molecule has 1 aromatic carbocycles. The van der Waals surface area contributed by atoms with Gasteiger partial charge in [-0.2, -0.15) is 5.26 Å². The van der Waals surface area contributed by atoms with Gasteiger partial charge in [-0.3, -0.25) is 4.79 Å². The third-order valence-electron chi connectivity index (χ3n) is 2.46. The van der Waals surface area contributed by atoms with Crippen LogP contribution in [0.1, 0.15) is 16.7 Å². The number of nitriles is 1. The van der Waals surface area contributed by atoms with Crippen LogP contribution in [0.4, 0.5) is 13.2 Å². The maximum absolute atomic E-state index is 12.4. The molecule has 0 amide bonds. The summed E-state index contributed by atoms with van der Waals surface area (Å²) in [6.45, 7) is -0.105. The molecule has 0 bridgehead atoms. The van der Waals surface area contributed by atoms with Crippen LogP contribution in [0.25, 0.3) is 0 Å². The van der Waals surface area contributed by atoms with Gasteiger partial charge in [-0.1, -0.05) is 6.07 Å². The fourth-order valence-corrected chi connectivity index (χ4v) is 1.59. The molecule has 0 aliphatic heterocycles. The van der Waals surface area contributed by atoms with Gasteiger partial charge in [-0.25, -0.2) is 0 Å². The first-order valence-electron chi connectivity index (χ1n) is 5.39. The summed E-state index contributed by atoms with van der Waals surface area (Å²) in [5.41, 5.74) is 5.26. The lowest BCUT2D eigenvalue weighted by Crippen LogP contribution is -2.21. The maximum Gasteiger partial charge on any atom is 0.573 e. The second-order valence-corrected chi connectivity index (χ2v) is 3.70. The van der Waals surface area contributed by atoms with Crippen LogP contribution in [0.2, 0.25) is 0 Å². The summed E-state index contributed by atoms with van der Waals surface area (Å²) in [6.07, 6.45) is -5.45. The van der Waals surface area contributed by atoms with Crippen molar-refractivity contribution < 1.29 is 27.4 Å². The Bertz CT molecular complexity index is 550. The van der Waals surface area contributed by atoms with Gasteiger partial charge in [0.05, 0.1) is 19.1 Å².